The quantitative estimate of drug-likeness (QED) is 0.218. The van der Waals surface area contributed by atoms with E-state index in [9.17, 15) is 4.79 Å². The molecule has 140 valence electrons. The normalized spacial score (nSPS) is 12.1. The molecule has 0 radical (unpaired) electrons. The second-order valence-electron chi connectivity index (χ2n) is 6.55. The summed E-state index contributed by atoms with van der Waals surface area (Å²) in [6, 6.07) is 16.8. The van der Waals surface area contributed by atoms with Crippen molar-refractivity contribution in [1.82, 2.24) is 0 Å². The first-order valence-electron chi connectivity index (χ1n) is 9.07. The van der Waals surface area contributed by atoms with Gasteiger partial charge in [-0.25, -0.2) is 4.79 Å². The van der Waals surface area contributed by atoms with E-state index in [4.69, 9.17) is 9.47 Å². The highest BCUT2D eigenvalue weighted by Crippen LogP contribution is 2.37. The molecule has 0 aliphatic carbocycles. The lowest BCUT2D eigenvalue weighted by Gasteiger charge is -2.17. The number of ether oxygens (including phenoxy) is 2. The Bertz CT molecular complexity index is 993. The summed E-state index contributed by atoms with van der Waals surface area (Å²) in [6.07, 6.45) is -0.364. The highest BCUT2D eigenvalue weighted by Gasteiger charge is 2.14. The SMILES string of the molecule is C=C(C)C(=O)OC(C)COc1c2ccccc2cc2ccc(SCC)cc12. The van der Waals surface area contributed by atoms with E-state index in [2.05, 4.69) is 49.9 Å². The number of carbonyl (C=O) groups excluding carboxylic acids is 1. The van der Waals surface area contributed by atoms with Crippen LogP contribution in [0.25, 0.3) is 21.5 Å². The molecule has 1 unspecified atom stereocenters. The first-order valence-corrected chi connectivity index (χ1v) is 10.1. The van der Waals surface area contributed by atoms with E-state index >= 15 is 0 Å². The number of hydrogen-bond acceptors (Lipinski definition) is 4. The molecule has 3 aromatic carbocycles. The zero-order valence-electron chi connectivity index (χ0n) is 16.0. The molecule has 4 heteroatoms. The van der Waals surface area contributed by atoms with Crippen molar-refractivity contribution in [2.45, 2.75) is 31.8 Å². The first kappa shape index (κ1) is 19.3. The summed E-state index contributed by atoms with van der Waals surface area (Å²) < 4.78 is 11.5. The van der Waals surface area contributed by atoms with Crippen molar-refractivity contribution in [3.63, 3.8) is 0 Å². The molecule has 0 saturated heterocycles. The molecule has 0 fully saturated rings. The van der Waals surface area contributed by atoms with Gasteiger partial charge in [0.25, 0.3) is 0 Å². The van der Waals surface area contributed by atoms with Crippen LogP contribution in [0.5, 0.6) is 5.75 Å². The molecule has 0 aliphatic heterocycles. The predicted octanol–water partition coefficient (Wildman–Crippen LogP) is 5.99. The molecule has 1 atom stereocenters. The van der Waals surface area contributed by atoms with Crippen LogP contribution in [-0.4, -0.2) is 24.4 Å². The number of rotatable bonds is 7. The lowest BCUT2D eigenvalue weighted by Crippen LogP contribution is -2.22. The second-order valence-corrected chi connectivity index (χ2v) is 7.89. The molecule has 0 N–H and O–H groups in total. The van der Waals surface area contributed by atoms with Gasteiger partial charge < -0.3 is 9.47 Å². The van der Waals surface area contributed by atoms with Gasteiger partial charge in [-0.3, -0.25) is 0 Å². The minimum absolute atomic E-state index is 0.285. The highest BCUT2D eigenvalue weighted by molar-refractivity contribution is 7.99. The van der Waals surface area contributed by atoms with Crippen LogP contribution in [0.1, 0.15) is 20.8 Å². The largest absolute Gasteiger partial charge is 0.488 e. The highest BCUT2D eigenvalue weighted by atomic mass is 32.2. The van der Waals surface area contributed by atoms with Crippen molar-refractivity contribution in [3.8, 4) is 5.75 Å². The Morgan fingerprint density at radius 1 is 1.11 bits per heavy atom. The fourth-order valence-corrected chi connectivity index (χ4v) is 3.63. The van der Waals surface area contributed by atoms with E-state index in [0.29, 0.717) is 5.57 Å². The van der Waals surface area contributed by atoms with Gasteiger partial charge >= 0.3 is 5.97 Å². The van der Waals surface area contributed by atoms with Crippen molar-refractivity contribution in [3.05, 3.63) is 60.7 Å². The van der Waals surface area contributed by atoms with Crippen LogP contribution < -0.4 is 4.74 Å². The van der Waals surface area contributed by atoms with Crippen molar-refractivity contribution in [2.75, 3.05) is 12.4 Å². The standard InChI is InChI=1S/C23H24O3S/c1-5-27-19-11-10-18-12-17-8-6-7-9-20(17)22(21(18)13-19)25-14-16(4)26-23(24)15(2)3/h6-13,16H,2,5,14H2,1,3-4H3. The predicted molar refractivity (Wildman–Crippen MR) is 114 cm³/mol. The van der Waals surface area contributed by atoms with Gasteiger partial charge in [-0.2, -0.15) is 0 Å². The van der Waals surface area contributed by atoms with Crippen molar-refractivity contribution >= 4 is 39.3 Å². The molecule has 0 spiro atoms. The van der Waals surface area contributed by atoms with Gasteiger partial charge in [0.05, 0.1) is 0 Å². The van der Waals surface area contributed by atoms with Crippen LogP contribution in [0, 0.1) is 0 Å². The summed E-state index contributed by atoms with van der Waals surface area (Å²) in [4.78, 5) is 12.9. The van der Waals surface area contributed by atoms with Crippen LogP contribution in [0.2, 0.25) is 0 Å². The zero-order chi connectivity index (χ0) is 19.4. The van der Waals surface area contributed by atoms with E-state index in [0.717, 1.165) is 33.0 Å². The topological polar surface area (TPSA) is 35.5 Å². The van der Waals surface area contributed by atoms with Crippen molar-refractivity contribution < 1.29 is 14.3 Å². The van der Waals surface area contributed by atoms with Gasteiger partial charge in [0, 0.05) is 21.2 Å². The summed E-state index contributed by atoms with van der Waals surface area (Å²) in [6.45, 7) is 9.51. The number of hydrogen-bond donors (Lipinski definition) is 0. The minimum atomic E-state index is -0.393. The Morgan fingerprint density at radius 3 is 2.59 bits per heavy atom. The molecule has 0 aliphatic rings. The summed E-state index contributed by atoms with van der Waals surface area (Å²) in [5.74, 6) is 1.46. The van der Waals surface area contributed by atoms with E-state index < -0.39 is 5.97 Å². The molecule has 0 heterocycles. The molecule has 0 aromatic heterocycles. The Balaban J connectivity index is 1.98. The monoisotopic (exact) mass is 380 g/mol. The lowest BCUT2D eigenvalue weighted by atomic mass is 10.0. The van der Waals surface area contributed by atoms with Crippen molar-refractivity contribution in [1.29, 1.82) is 0 Å². The molecule has 3 nitrogen and oxygen atoms in total. The van der Waals surface area contributed by atoms with E-state index in [1.54, 1.807) is 18.7 Å². The van der Waals surface area contributed by atoms with Gasteiger partial charge in [-0.15, -0.1) is 11.8 Å². The van der Waals surface area contributed by atoms with Crippen LogP contribution >= 0.6 is 11.8 Å². The second kappa shape index (κ2) is 8.49. The molecular weight excluding hydrogens is 356 g/mol. The molecule has 3 rings (SSSR count). The Morgan fingerprint density at radius 2 is 1.85 bits per heavy atom. The van der Waals surface area contributed by atoms with Crippen LogP contribution in [-0.2, 0) is 9.53 Å². The molecule has 0 amide bonds. The molecule has 3 aromatic rings. The van der Waals surface area contributed by atoms with Crippen LogP contribution in [0.3, 0.4) is 0 Å². The average molecular weight is 381 g/mol. The van der Waals surface area contributed by atoms with Gasteiger partial charge in [-0.1, -0.05) is 43.8 Å². The van der Waals surface area contributed by atoms with E-state index in [-0.39, 0.29) is 12.7 Å². The summed E-state index contributed by atoms with van der Waals surface area (Å²) in [5, 5.41) is 4.39. The van der Waals surface area contributed by atoms with Gasteiger partial charge in [0.1, 0.15) is 18.5 Å². The van der Waals surface area contributed by atoms with E-state index in [1.807, 2.05) is 19.1 Å². The molecule has 0 saturated carbocycles. The summed E-state index contributed by atoms with van der Waals surface area (Å²) >= 11 is 1.81. The van der Waals surface area contributed by atoms with Crippen LogP contribution in [0.4, 0.5) is 0 Å². The third-order valence-electron chi connectivity index (χ3n) is 4.22. The Kier molecular flexibility index (Phi) is 6.07. The fraction of sp³-hybridized carbons (Fsp3) is 0.261. The number of carbonyl (C=O) groups is 1. The van der Waals surface area contributed by atoms with Crippen molar-refractivity contribution in [2.24, 2.45) is 0 Å². The first-order chi connectivity index (χ1) is 13.0. The smallest absolute Gasteiger partial charge is 0.333 e. The van der Waals surface area contributed by atoms with Crippen LogP contribution in [0.15, 0.2) is 65.6 Å². The fourth-order valence-electron chi connectivity index (χ4n) is 2.93. The third kappa shape index (κ3) is 4.45. The third-order valence-corrected chi connectivity index (χ3v) is 5.09. The number of esters is 1. The maximum atomic E-state index is 11.7. The number of thioether (sulfide) groups is 1. The zero-order valence-corrected chi connectivity index (χ0v) is 16.8. The van der Waals surface area contributed by atoms with E-state index in [1.165, 1.54) is 4.90 Å². The van der Waals surface area contributed by atoms with Gasteiger partial charge in [-0.05, 0) is 48.6 Å². The Hall–Kier alpha value is -2.46. The average Bonchev–Trinajstić information content (AvgIpc) is 2.65. The summed E-state index contributed by atoms with van der Waals surface area (Å²) in [5.41, 5.74) is 0.388. The van der Waals surface area contributed by atoms with Gasteiger partial charge in [0.2, 0.25) is 0 Å². The molecule has 27 heavy (non-hydrogen) atoms. The summed E-state index contributed by atoms with van der Waals surface area (Å²) in [7, 11) is 0. The molecule has 0 bridgehead atoms. The lowest BCUT2D eigenvalue weighted by molar-refractivity contribution is -0.144. The number of fused-ring (bicyclic) bond motifs is 2. The minimum Gasteiger partial charge on any atom is -0.488 e. The maximum absolute atomic E-state index is 11.7. The molecular formula is C23H24O3S. The maximum Gasteiger partial charge on any atom is 0.333 e. The Labute approximate surface area is 164 Å². The number of benzene rings is 3. The van der Waals surface area contributed by atoms with Gasteiger partial charge in [0.15, 0.2) is 0 Å².